The predicted molar refractivity (Wildman–Crippen MR) is 87.1 cm³/mol. The summed E-state index contributed by atoms with van der Waals surface area (Å²) in [7, 11) is 0. The van der Waals surface area contributed by atoms with E-state index in [1.54, 1.807) is 0 Å². The van der Waals surface area contributed by atoms with E-state index in [0.717, 1.165) is 36.2 Å². The summed E-state index contributed by atoms with van der Waals surface area (Å²) in [4.78, 5) is 11.6. The molecule has 0 spiro atoms. The molecule has 1 aliphatic heterocycles. The number of piperidine rings is 1. The summed E-state index contributed by atoms with van der Waals surface area (Å²) in [6, 6.07) is 12.1. The van der Waals surface area contributed by atoms with Gasteiger partial charge in [0, 0.05) is 30.5 Å². The largest absolute Gasteiger partial charge is 0.340 e. The van der Waals surface area contributed by atoms with Crippen molar-refractivity contribution in [2.45, 2.75) is 26.7 Å². The molecule has 1 atom stereocenters. The molecular weight excluding hydrogens is 260 g/mol. The van der Waals surface area contributed by atoms with Crippen LogP contribution in [0.3, 0.4) is 0 Å². The summed E-state index contributed by atoms with van der Waals surface area (Å²) in [5, 5.41) is 3.36. The Morgan fingerprint density at radius 1 is 1.19 bits per heavy atom. The van der Waals surface area contributed by atoms with Gasteiger partial charge in [0.1, 0.15) is 5.82 Å². The molecule has 0 bridgehead atoms. The van der Waals surface area contributed by atoms with E-state index in [0.29, 0.717) is 5.92 Å². The highest BCUT2D eigenvalue weighted by Crippen LogP contribution is 2.22. The number of nitrogens with zero attached hydrogens (tertiary/aromatic N) is 3. The summed E-state index contributed by atoms with van der Waals surface area (Å²) in [6.45, 7) is 6.42. The summed E-state index contributed by atoms with van der Waals surface area (Å²) < 4.78 is 0. The maximum atomic E-state index is 4.69. The van der Waals surface area contributed by atoms with Crippen LogP contribution in [0.4, 0.5) is 17.5 Å². The molecule has 0 aliphatic carbocycles. The number of nitrogens with one attached hydrogen (secondary N) is 1. The zero-order valence-electron chi connectivity index (χ0n) is 12.7. The number of benzene rings is 1. The maximum absolute atomic E-state index is 4.69. The van der Waals surface area contributed by atoms with Crippen molar-refractivity contribution in [3.8, 4) is 0 Å². The van der Waals surface area contributed by atoms with Gasteiger partial charge in [-0.05, 0) is 37.8 Å². The molecule has 2 aromatic rings. The molecule has 4 heteroatoms. The van der Waals surface area contributed by atoms with Crippen LogP contribution < -0.4 is 10.2 Å². The van der Waals surface area contributed by atoms with Crippen molar-refractivity contribution in [1.29, 1.82) is 0 Å². The maximum Gasteiger partial charge on any atom is 0.227 e. The van der Waals surface area contributed by atoms with Crippen molar-refractivity contribution < 1.29 is 0 Å². The molecule has 1 saturated heterocycles. The van der Waals surface area contributed by atoms with E-state index in [4.69, 9.17) is 4.98 Å². The quantitative estimate of drug-likeness (QED) is 0.930. The van der Waals surface area contributed by atoms with Gasteiger partial charge in [-0.1, -0.05) is 25.1 Å². The van der Waals surface area contributed by atoms with Crippen LogP contribution >= 0.6 is 0 Å². The summed E-state index contributed by atoms with van der Waals surface area (Å²) in [6.07, 6.45) is 2.53. The number of rotatable bonds is 3. The summed E-state index contributed by atoms with van der Waals surface area (Å²) in [5.74, 6) is 2.43. The van der Waals surface area contributed by atoms with Gasteiger partial charge in [-0.15, -0.1) is 0 Å². The second-order valence-corrected chi connectivity index (χ2v) is 5.88. The minimum Gasteiger partial charge on any atom is -0.340 e. The van der Waals surface area contributed by atoms with Gasteiger partial charge in [-0.3, -0.25) is 0 Å². The Balaban J connectivity index is 1.82. The molecule has 1 fully saturated rings. The number of para-hydroxylation sites is 1. The third-order valence-electron chi connectivity index (χ3n) is 3.83. The van der Waals surface area contributed by atoms with Crippen molar-refractivity contribution in [1.82, 2.24) is 9.97 Å². The number of hydrogen-bond acceptors (Lipinski definition) is 4. The first kappa shape index (κ1) is 13.9. The molecule has 3 rings (SSSR count). The van der Waals surface area contributed by atoms with Crippen LogP contribution in [0.25, 0.3) is 0 Å². The Kier molecular flexibility index (Phi) is 4.04. The molecule has 0 amide bonds. The fourth-order valence-corrected chi connectivity index (χ4v) is 2.80. The van der Waals surface area contributed by atoms with Gasteiger partial charge in [-0.2, -0.15) is 4.98 Å². The average Bonchev–Trinajstić information content (AvgIpc) is 2.48. The highest BCUT2D eigenvalue weighted by atomic mass is 15.3. The van der Waals surface area contributed by atoms with Crippen molar-refractivity contribution in [3.05, 3.63) is 42.1 Å². The van der Waals surface area contributed by atoms with Crippen LogP contribution in [0.15, 0.2) is 36.4 Å². The molecule has 1 aliphatic rings. The molecule has 110 valence electrons. The Morgan fingerprint density at radius 3 is 2.76 bits per heavy atom. The zero-order chi connectivity index (χ0) is 14.7. The molecular formula is C17H22N4. The molecule has 1 aromatic carbocycles. The van der Waals surface area contributed by atoms with Crippen LogP contribution in [0, 0.1) is 12.8 Å². The molecule has 2 heterocycles. The monoisotopic (exact) mass is 282 g/mol. The van der Waals surface area contributed by atoms with Gasteiger partial charge in [-0.25, -0.2) is 4.98 Å². The lowest BCUT2D eigenvalue weighted by atomic mass is 10.0. The third-order valence-corrected chi connectivity index (χ3v) is 3.83. The number of anilines is 3. The van der Waals surface area contributed by atoms with Gasteiger partial charge in [0.05, 0.1) is 0 Å². The van der Waals surface area contributed by atoms with Crippen LogP contribution in [0.5, 0.6) is 0 Å². The second-order valence-electron chi connectivity index (χ2n) is 5.88. The second kappa shape index (κ2) is 6.12. The standard InChI is InChI=1S/C17H22N4/c1-13-7-6-10-21(12-13)17-18-14(2)11-16(20-17)19-15-8-4-3-5-9-15/h3-5,8-9,11,13H,6-7,10,12H2,1-2H3,(H,18,19,20). The molecule has 0 saturated carbocycles. The number of aromatic nitrogens is 2. The Labute approximate surface area is 126 Å². The minimum atomic E-state index is 0.716. The molecule has 1 unspecified atom stereocenters. The smallest absolute Gasteiger partial charge is 0.227 e. The fourth-order valence-electron chi connectivity index (χ4n) is 2.80. The van der Waals surface area contributed by atoms with Gasteiger partial charge in [0.25, 0.3) is 0 Å². The molecule has 21 heavy (non-hydrogen) atoms. The topological polar surface area (TPSA) is 41.1 Å². The predicted octanol–water partition coefficient (Wildman–Crippen LogP) is 3.76. The summed E-state index contributed by atoms with van der Waals surface area (Å²) >= 11 is 0. The van der Waals surface area contributed by atoms with Crippen molar-refractivity contribution in [3.63, 3.8) is 0 Å². The molecule has 1 aromatic heterocycles. The van der Waals surface area contributed by atoms with Crippen LogP contribution in [0.2, 0.25) is 0 Å². The van der Waals surface area contributed by atoms with Gasteiger partial charge >= 0.3 is 0 Å². The lowest BCUT2D eigenvalue weighted by Gasteiger charge is -2.31. The highest BCUT2D eigenvalue weighted by Gasteiger charge is 2.19. The SMILES string of the molecule is Cc1cc(Nc2ccccc2)nc(N2CCCC(C)C2)n1. The van der Waals surface area contributed by atoms with Gasteiger partial charge in [0.15, 0.2) is 0 Å². The van der Waals surface area contributed by atoms with Crippen LogP contribution in [-0.2, 0) is 0 Å². The van der Waals surface area contributed by atoms with E-state index in [1.807, 2.05) is 43.3 Å². The summed E-state index contributed by atoms with van der Waals surface area (Å²) in [5.41, 5.74) is 2.05. The number of hydrogen-bond donors (Lipinski definition) is 1. The Hall–Kier alpha value is -2.10. The van der Waals surface area contributed by atoms with E-state index in [9.17, 15) is 0 Å². The van der Waals surface area contributed by atoms with Gasteiger partial charge < -0.3 is 10.2 Å². The minimum absolute atomic E-state index is 0.716. The van der Waals surface area contributed by atoms with Crippen LogP contribution in [-0.4, -0.2) is 23.1 Å². The lowest BCUT2D eigenvalue weighted by Crippen LogP contribution is -2.35. The van der Waals surface area contributed by atoms with Crippen molar-refractivity contribution >= 4 is 17.5 Å². The van der Waals surface area contributed by atoms with E-state index in [2.05, 4.69) is 22.1 Å². The lowest BCUT2D eigenvalue weighted by molar-refractivity contribution is 0.442. The van der Waals surface area contributed by atoms with Crippen LogP contribution in [0.1, 0.15) is 25.5 Å². The molecule has 1 N–H and O–H groups in total. The molecule has 0 radical (unpaired) electrons. The molecule has 4 nitrogen and oxygen atoms in total. The Morgan fingerprint density at radius 2 is 2.00 bits per heavy atom. The van der Waals surface area contributed by atoms with E-state index in [-0.39, 0.29) is 0 Å². The fraction of sp³-hybridized carbons (Fsp3) is 0.412. The third kappa shape index (κ3) is 3.51. The zero-order valence-corrected chi connectivity index (χ0v) is 12.7. The first-order valence-corrected chi connectivity index (χ1v) is 7.63. The van der Waals surface area contributed by atoms with Crippen molar-refractivity contribution in [2.24, 2.45) is 5.92 Å². The Bertz CT molecular complexity index is 597. The van der Waals surface area contributed by atoms with E-state index in [1.165, 1.54) is 12.8 Å². The average molecular weight is 282 g/mol. The number of aryl methyl sites for hydroxylation is 1. The first-order chi connectivity index (χ1) is 10.2. The normalized spacial score (nSPS) is 18.6. The van der Waals surface area contributed by atoms with E-state index >= 15 is 0 Å². The van der Waals surface area contributed by atoms with E-state index < -0.39 is 0 Å². The highest BCUT2D eigenvalue weighted by molar-refractivity contribution is 5.57. The first-order valence-electron chi connectivity index (χ1n) is 7.63. The van der Waals surface area contributed by atoms with Gasteiger partial charge in [0.2, 0.25) is 5.95 Å². The van der Waals surface area contributed by atoms with Crippen molar-refractivity contribution in [2.75, 3.05) is 23.3 Å².